The first-order chi connectivity index (χ1) is 14.0. The molecule has 29 heavy (non-hydrogen) atoms. The molecule has 0 fully saturated rings. The number of ether oxygens (including phenoxy) is 1. The van der Waals surface area contributed by atoms with Crippen LogP contribution < -0.4 is 0 Å². The molecule has 2 aromatic heterocycles. The van der Waals surface area contributed by atoms with Gasteiger partial charge in [-0.1, -0.05) is 12.1 Å². The predicted octanol–water partition coefficient (Wildman–Crippen LogP) is 3.50. The molecule has 0 N–H and O–H groups in total. The molecule has 1 unspecified atom stereocenters. The summed E-state index contributed by atoms with van der Waals surface area (Å²) in [4.78, 5) is 39.1. The van der Waals surface area contributed by atoms with Crippen LogP contribution in [0.25, 0.3) is 10.8 Å². The van der Waals surface area contributed by atoms with E-state index in [1.54, 1.807) is 6.92 Å². The highest BCUT2D eigenvalue weighted by Crippen LogP contribution is 2.27. The van der Waals surface area contributed by atoms with Crippen molar-refractivity contribution in [2.75, 3.05) is 6.54 Å². The number of carbonyl (C=O) groups is 3. The van der Waals surface area contributed by atoms with E-state index < -0.39 is 23.9 Å². The van der Waals surface area contributed by atoms with Crippen LogP contribution in [0.5, 0.6) is 0 Å². The van der Waals surface area contributed by atoms with Crippen LogP contribution in [-0.2, 0) is 4.74 Å². The third-order valence-corrected chi connectivity index (χ3v) is 5.18. The van der Waals surface area contributed by atoms with Crippen LogP contribution in [0.15, 0.2) is 52.8 Å². The maximum absolute atomic E-state index is 12.5. The second-order valence-electron chi connectivity index (χ2n) is 6.24. The molecule has 1 atom stereocenters. The summed E-state index contributed by atoms with van der Waals surface area (Å²) in [5, 5.41) is 9.77. The number of hydrogen-bond acceptors (Lipinski definition) is 8. The van der Waals surface area contributed by atoms with Crippen LogP contribution in [0.4, 0.5) is 0 Å². The van der Waals surface area contributed by atoms with E-state index in [-0.39, 0.29) is 29.1 Å². The Balaban J connectivity index is 1.50. The molecule has 1 aromatic carbocycles. The van der Waals surface area contributed by atoms with E-state index in [9.17, 15) is 14.4 Å². The van der Waals surface area contributed by atoms with Crippen LogP contribution in [0.3, 0.4) is 0 Å². The lowest BCUT2D eigenvalue weighted by Gasteiger charge is -2.10. The van der Waals surface area contributed by atoms with E-state index >= 15 is 0 Å². The van der Waals surface area contributed by atoms with Gasteiger partial charge in [0, 0.05) is 6.54 Å². The zero-order chi connectivity index (χ0) is 20.5. The summed E-state index contributed by atoms with van der Waals surface area (Å²) in [6, 6.07) is 7.96. The molecule has 0 saturated heterocycles. The molecule has 0 aliphatic carbocycles. The minimum atomic E-state index is -0.786. The molecule has 0 saturated carbocycles. The van der Waals surface area contributed by atoms with Crippen molar-refractivity contribution in [1.82, 2.24) is 15.1 Å². The van der Waals surface area contributed by atoms with Gasteiger partial charge in [0.15, 0.2) is 6.10 Å². The van der Waals surface area contributed by atoms with Crippen molar-refractivity contribution >= 4 is 29.1 Å². The minimum Gasteiger partial charge on any atom is -0.449 e. The Labute approximate surface area is 169 Å². The Hall–Kier alpha value is -3.59. The summed E-state index contributed by atoms with van der Waals surface area (Å²) in [6.07, 6.45) is 0.680. The van der Waals surface area contributed by atoms with Gasteiger partial charge in [0.2, 0.25) is 0 Å². The Bertz CT molecular complexity index is 1120. The molecule has 1 aliphatic heterocycles. The van der Waals surface area contributed by atoms with Crippen molar-refractivity contribution < 1.29 is 23.5 Å². The average molecular weight is 409 g/mol. The minimum absolute atomic E-state index is 0.104. The van der Waals surface area contributed by atoms with E-state index in [1.807, 2.05) is 17.5 Å². The molecule has 0 bridgehead atoms. The number of thiophene rings is 1. The van der Waals surface area contributed by atoms with Crippen LogP contribution in [0.2, 0.25) is 0 Å². The fraction of sp³-hybridized carbons (Fsp3) is 0.150. The summed E-state index contributed by atoms with van der Waals surface area (Å²) in [7, 11) is 0. The summed E-state index contributed by atoms with van der Waals surface area (Å²) < 4.78 is 11.0. The third-order valence-electron chi connectivity index (χ3n) is 4.32. The topological polar surface area (TPSA) is 103 Å². The van der Waals surface area contributed by atoms with Gasteiger partial charge in [-0.3, -0.25) is 14.5 Å². The molecule has 0 radical (unpaired) electrons. The van der Waals surface area contributed by atoms with Crippen molar-refractivity contribution in [1.29, 1.82) is 0 Å². The van der Waals surface area contributed by atoms with Gasteiger partial charge in [0.05, 0.1) is 21.6 Å². The normalized spacial score (nSPS) is 14.0. The van der Waals surface area contributed by atoms with Gasteiger partial charge in [-0.2, -0.15) is 0 Å². The van der Waals surface area contributed by atoms with Crippen molar-refractivity contribution in [3.05, 3.63) is 70.9 Å². The van der Waals surface area contributed by atoms with E-state index in [1.165, 1.54) is 35.6 Å². The highest BCUT2D eigenvalue weighted by atomic mass is 32.1. The number of benzene rings is 1. The quantitative estimate of drug-likeness (QED) is 0.349. The number of nitrogens with zero attached hydrogens (tertiary/aromatic N) is 3. The lowest BCUT2D eigenvalue weighted by atomic mass is 10.1. The van der Waals surface area contributed by atoms with Gasteiger partial charge in [0.1, 0.15) is 0 Å². The number of fused-ring (bicyclic) bond motifs is 1. The summed E-state index contributed by atoms with van der Waals surface area (Å²) in [6.45, 7) is 5.25. The highest BCUT2D eigenvalue weighted by Gasteiger charge is 2.35. The second-order valence-corrected chi connectivity index (χ2v) is 7.19. The fourth-order valence-corrected chi connectivity index (χ4v) is 3.53. The summed E-state index contributed by atoms with van der Waals surface area (Å²) >= 11 is 1.45. The Morgan fingerprint density at radius 2 is 2.07 bits per heavy atom. The van der Waals surface area contributed by atoms with Gasteiger partial charge in [0.25, 0.3) is 23.6 Å². The van der Waals surface area contributed by atoms with Crippen molar-refractivity contribution in [3.63, 3.8) is 0 Å². The third kappa shape index (κ3) is 3.36. The maximum atomic E-state index is 12.5. The number of hydrogen-bond donors (Lipinski definition) is 0. The van der Waals surface area contributed by atoms with Crippen LogP contribution in [0, 0.1) is 0 Å². The van der Waals surface area contributed by atoms with E-state index in [0.717, 1.165) is 9.78 Å². The molecule has 9 heteroatoms. The van der Waals surface area contributed by atoms with Gasteiger partial charge in [-0.25, -0.2) is 4.79 Å². The van der Waals surface area contributed by atoms with E-state index in [2.05, 4.69) is 16.8 Å². The lowest BCUT2D eigenvalue weighted by molar-refractivity contribution is 0.0279. The maximum Gasteiger partial charge on any atom is 0.338 e. The molecule has 146 valence electrons. The van der Waals surface area contributed by atoms with Gasteiger partial charge >= 0.3 is 5.97 Å². The molecular weight excluding hydrogens is 394 g/mol. The molecule has 3 heterocycles. The predicted molar refractivity (Wildman–Crippen MR) is 103 cm³/mol. The number of imide groups is 1. The van der Waals surface area contributed by atoms with Crippen molar-refractivity contribution in [3.8, 4) is 10.8 Å². The summed E-state index contributed by atoms with van der Waals surface area (Å²) in [5.41, 5.74) is 0.561. The lowest BCUT2D eigenvalue weighted by Crippen LogP contribution is -2.29. The number of amides is 2. The number of carbonyl (C=O) groups excluding carboxylic acids is 3. The second kappa shape index (κ2) is 7.44. The van der Waals surface area contributed by atoms with Crippen molar-refractivity contribution in [2.24, 2.45) is 0 Å². The first-order valence-corrected chi connectivity index (χ1v) is 9.57. The number of esters is 1. The SMILES string of the molecule is C=CCN1C(=O)c2ccc(C(=O)OC(C)c3nnc(-c4cccs4)o3)cc2C1=O. The molecular formula is C20H15N3O5S. The Morgan fingerprint density at radius 1 is 1.28 bits per heavy atom. The molecule has 0 spiro atoms. The van der Waals surface area contributed by atoms with Crippen LogP contribution in [-0.4, -0.2) is 39.4 Å². The molecule has 1 aliphatic rings. The number of rotatable bonds is 6. The molecule has 4 rings (SSSR count). The molecule has 2 amide bonds. The fourth-order valence-electron chi connectivity index (χ4n) is 2.89. The standard InChI is InChI=1S/C20H15N3O5S/c1-3-8-23-18(24)13-7-6-12(10-14(13)19(23)25)20(26)27-11(2)16-21-22-17(28-16)15-5-4-9-29-15/h3-7,9-11H,1,8H2,2H3. The van der Waals surface area contributed by atoms with E-state index in [0.29, 0.717) is 5.89 Å². The zero-order valence-corrected chi connectivity index (χ0v) is 16.1. The highest BCUT2D eigenvalue weighted by molar-refractivity contribution is 7.13. The average Bonchev–Trinajstić information content (AvgIpc) is 3.45. The van der Waals surface area contributed by atoms with Gasteiger partial charge < -0.3 is 9.15 Å². The largest absolute Gasteiger partial charge is 0.449 e. The van der Waals surface area contributed by atoms with Crippen LogP contribution in [0.1, 0.15) is 50.0 Å². The first kappa shape index (κ1) is 18.8. The smallest absolute Gasteiger partial charge is 0.338 e. The molecule has 3 aromatic rings. The Morgan fingerprint density at radius 3 is 2.79 bits per heavy atom. The van der Waals surface area contributed by atoms with Crippen LogP contribution >= 0.6 is 11.3 Å². The van der Waals surface area contributed by atoms with Gasteiger partial charge in [-0.05, 0) is 36.6 Å². The van der Waals surface area contributed by atoms with Crippen molar-refractivity contribution in [2.45, 2.75) is 13.0 Å². The van der Waals surface area contributed by atoms with E-state index in [4.69, 9.17) is 9.15 Å². The van der Waals surface area contributed by atoms with Gasteiger partial charge in [-0.15, -0.1) is 28.1 Å². The summed E-state index contributed by atoms with van der Waals surface area (Å²) in [5.74, 6) is -1.04. The zero-order valence-electron chi connectivity index (χ0n) is 15.3. The number of aromatic nitrogens is 2. The monoisotopic (exact) mass is 409 g/mol. The Kier molecular flexibility index (Phi) is 4.81. The molecule has 8 nitrogen and oxygen atoms in total. The first-order valence-electron chi connectivity index (χ1n) is 8.69.